The van der Waals surface area contributed by atoms with Gasteiger partial charge in [0.1, 0.15) is 11.3 Å². The first-order valence-electron chi connectivity index (χ1n) is 9.82. The van der Waals surface area contributed by atoms with Crippen molar-refractivity contribution in [3.8, 4) is 5.69 Å². The van der Waals surface area contributed by atoms with E-state index in [1.165, 1.54) is 22.4 Å². The second kappa shape index (κ2) is 6.65. The molecule has 0 atom stereocenters. The maximum atomic E-state index is 13.6. The van der Waals surface area contributed by atoms with Crippen molar-refractivity contribution in [1.82, 2.24) is 19.6 Å². The summed E-state index contributed by atoms with van der Waals surface area (Å²) in [4.78, 5) is 13.4. The Morgan fingerprint density at radius 3 is 2.66 bits per heavy atom. The largest absolute Gasteiger partial charge is 0.293 e. The summed E-state index contributed by atoms with van der Waals surface area (Å²) in [5, 5.41) is 10.00. The molecule has 5 nitrogen and oxygen atoms in total. The zero-order valence-electron chi connectivity index (χ0n) is 16.4. The maximum Gasteiger partial charge on any atom is 0.293 e. The Kier molecular flexibility index (Phi) is 4.08. The van der Waals surface area contributed by atoms with Crippen molar-refractivity contribution in [2.45, 2.75) is 39.2 Å². The van der Waals surface area contributed by atoms with Crippen LogP contribution >= 0.6 is 0 Å². The number of aromatic nitrogens is 4. The van der Waals surface area contributed by atoms with Crippen LogP contribution in [0.5, 0.6) is 0 Å². The Bertz CT molecular complexity index is 1300. The lowest BCUT2D eigenvalue weighted by Gasteiger charge is -2.11. The fourth-order valence-electron chi connectivity index (χ4n) is 3.72. The van der Waals surface area contributed by atoms with Gasteiger partial charge in [0, 0.05) is 11.3 Å². The molecule has 0 bridgehead atoms. The first-order valence-corrected chi connectivity index (χ1v) is 9.82. The van der Waals surface area contributed by atoms with Crippen LogP contribution in [0.25, 0.3) is 16.6 Å². The minimum atomic E-state index is -0.320. The van der Waals surface area contributed by atoms with Crippen molar-refractivity contribution in [2.24, 2.45) is 0 Å². The quantitative estimate of drug-likeness (QED) is 0.525. The zero-order chi connectivity index (χ0) is 20.1. The molecule has 2 aromatic carbocycles. The Morgan fingerprint density at radius 2 is 1.93 bits per heavy atom. The second-order valence-electron chi connectivity index (χ2n) is 7.84. The van der Waals surface area contributed by atoms with Gasteiger partial charge in [0.2, 0.25) is 0 Å². The first-order chi connectivity index (χ1) is 14.0. The minimum absolute atomic E-state index is 0.218. The van der Waals surface area contributed by atoms with Crippen molar-refractivity contribution in [3.63, 3.8) is 0 Å². The Hall–Kier alpha value is -3.28. The van der Waals surface area contributed by atoms with Gasteiger partial charge >= 0.3 is 0 Å². The van der Waals surface area contributed by atoms with E-state index in [1.807, 2.05) is 25.1 Å². The van der Waals surface area contributed by atoms with Crippen LogP contribution in [0, 0.1) is 19.7 Å². The molecule has 0 N–H and O–H groups in total. The van der Waals surface area contributed by atoms with Gasteiger partial charge in [0.15, 0.2) is 0 Å². The van der Waals surface area contributed by atoms with Crippen LogP contribution in [-0.2, 0) is 6.54 Å². The number of rotatable bonds is 4. The predicted molar refractivity (Wildman–Crippen MR) is 110 cm³/mol. The number of halogens is 1. The fourth-order valence-corrected chi connectivity index (χ4v) is 3.72. The normalized spacial score (nSPS) is 13.9. The summed E-state index contributed by atoms with van der Waals surface area (Å²) >= 11 is 0. The summed E-state index contributed by atoms with van der Waals surface area (Å²) in [7, 11) is 0. The average molecular weight is 388 g/mol. The van der Waals surface area contributed by atoms with Crippen molar-refractivity contribution < 1.29 is 4.39 Å². The molecule has 1 aliphatic carbocycles. The number of aryl methyl sites for hydroxylation is 2. The molecule has 5 rings (SSSR count). The standard InChI is InChI=1S/C23H21FN4O/c1-14-6-9-19(10-15(14)2)28-22-20(12-25-28)21(17-7-8-17)26-27(23(22)29)13-16-4-3-5-18(24)11-16/h3-6,9-12,17H,7-8,13H2,1-2H3. The third-order valence-electron chi connectivity index (χ3n) is 5.63. The number of nitrogens with zero attached hydrogens (tertiary/aromatic N) is 4. The summed E-state index contributed by atoms with van der Waals surface area (Å²) in [5.41, 5.74) is 5.11. The lowest BCUT2D eigenvalue weighted by atomic mass is 10.1. The van der Waals surface area contributed by atoms with E-state index in [2.05, 4.69) is 17.1 Å². The van der Waals surface area contributed by atoms with E-state index in [9.17, 15) is 9.18 Å². The van der Waals surface area contributed by atoms with Gasteiger partial charge in [0.25, 0.3) is 5.56 Å². The highest BCUT2D eigenvalue weighted by Crippen LogP contribution is 2.41. The third kappa shape index (κ3) is 3.14. The van der Waals surface area contributed by atoms with Crippen LogP contribution in [0.2, 0.25) is 0 Å². The lowest BCUT2D eigenvalue weighted by molar-refractivity contribution is 0.606. The van der Waals surface area contributed by atoms with Gasteiger partial charge in [-0.2, -0.15) is 10.2 Å². The molecule has 0 aliphatic heterocycles. The van der Waals surface area contributed by atoms with Crippen molar-refractivity contribution in [1.29, 1.82) is 0 Å². The van der Waals surface area contributed by atoms with E-state index in [0.29, 0.717) is 17.0 Å². The van der Waals surface area contributed by atoms with Crippen molar-refractivity contribution in [2.75, 3.05) is 0 Å². The maximum absolute atomic E-state index is 13.6. The van der Waals surface area contributed by atoms with Crippen LogP contribution in [0.15, 0.2) is 53.5 Å². The van der Waals surface area contributed by atoms with Crippen LogP contribution in [0.3, 0.4) is 0 Å². The summed E-state index contributed by atoms with van der Waals surface area (Å²) in [6.45, 7) is 4.33. The van der Waals surface area contributed by atoms with Gasteiger partial charge in [-0.15, -0.1) is 0 Å². The van der Waals surface area contributed by atoms with Gasteiger partial charge in [-0.1, -0.05) is 18.2 Å². The molecule has 0 amide bonds. The summed E-state index contributed by atoms with van der Waals surface area (Å²) < 4.78 is 16.8. The monoisotopic (exact) mass is 388 g/mol. The Balaban J connectivity index is 1.71. The molecular formula is C23H21FN4O. The molecule has 2 heterocycles. The highest BCUT2D eigenvalue weighted by atomic mass is 19.1. The molecule has 0 unspecified atom stereocenters. The zero-order valence-corrected chi connectivity index (χ0v) is 16.4. The van der Waals surface area contributed by atoms with Crippen LogP contribution in [0.1, 0.15) is 41.1 Å². The molecule has 0 saturated heterocycles. The topological polar surface area (TPSA) is 52.7 Å². The Labute approximate surface area is 167 Å². The van der Waals surface area contributed by atoms with E-state index in [4.69, 9.17) is 0 Å². The van der Waals surface area contributed by atoms with Gasteiger partial charge in [-0.25, -0.2) is 13.8 Å². The molecule has 1 saturated carbocycles. The van der Waals surface area contributed by atoms with E-state index in [1.54, 1.807) is 23.0 Å². The SMILES string of the molecule is Cc1ccc(-n2ncc3c(C4CC4)nn(Cc4cccc(F)c4)c(=O)c32)cc1C. The van der Waals surface area contributed by atoms with Gasteiger partial charge in [0.05, 0.1) is 24.1 Å². The number of hydrogen-bond donors (Lipinski definition) is 0. The smallest absolute Gasteiger partial charge is 0.265 e. The lowest BCUT2D eigenvalue weighted by Crippen LogP contribution is -2.26. The van der Waals surface area contributed by atoms with Gasteiger partial charge < -0.3 is 0 Å². The number of fused-ring (bicyclic) bond motifs is 1. The molecule has 1 aliphatic rings. The molecule has 4 aromatic rings. The first kappa shape index (κ1) is 17.8. The Morgan fingerprint density at radius 1 is 1.10 bits per heavy atom. The fraction of sp³-hybridized carbons (Fsp3) is 0.261. The third-order valence-corrected chi connectivity index (χ3v) is 5.63. The summed E-state index contributed by atoms with van der Waals surface area (Å²) in [6, 6.07) is 12.3. The summed E-state index contributed by atoms with van der Waals surface area (Å²) in [5.74, 6) is 0.0356. The molecule has 2 aromatic heterocycles. The van der Waals surface area contributed by atoms with Crippen LogP contribution < -0.4 is 5.56 Å². The molecule has 0 spiro atoms. The molecular weight excluding hydrogens is 367 g/mol. The molecule has 29 heavy (non-hydrogen) atoms. The number of benzene rings is 2. The van der Waals surface area contributed by atoms with E-state index in [0.717, 1.165) is 35.2 Å². The second-order valence-corrected chi connectivity index (χ2v) is 7.84. The molecule has 0 radical (unpaired) electrons. The minimum Gasteiger partial charge on any atom is -0.265 e. The average Bonchev–Trinajstić information content (AvgIpc) is 3.44. The predicted octanol–water partition coefficient (Wildman–Crippen LogP) is 4.26. The number of hydrogen-bond acceptors (Lipinski definition) is 3. The highest BCUT2D eigenvalue weighted by Gasteiger charge is 2.30. The van der Waals surface area contributed by atoms with Crippen LogP contribution in [-0.4, -0.2) is 19.6 Å². The molecule has 6 heteroatoms. The van der Waals surface area contributed by atoms with Gasteiger partial charge in [-0.3, -0.25) is 4.79 Å². The van der Waals surface area contributed by atoms with E-state index >= 15 is 0 Å². The molecule has 1 fully saturated rings. The molecule has 146 valence electrons. The van der Waals surface area contributed by atoms with Gasteiger partial charge in [-0.05, 0) is 67.6 Å². The highest BCUT2D eigenvalue weighted by molar-refractivity contribution is 5.82. The van der Waals surface area contributed by atoms with Crippen molar-refractivity contribution >= 4 is 10.9 Å². The van der Waals surface area contributed by atoms with Crippen molar-refractivity contribution in [3.05, 3.63) is 87.2 Å². The van der Waals surface area contributed by atoms with Crippen LogP contribution in [0.4, 0.5) is 4.39 Å². The van der Waals surface area contributed by atoms with E-state index < -0.39 is 0 Å². The van der Waals surface area contributed by atoms with E-state index in [-0.39, 0.29) is 17.9 Å². The summed E-state index contributed by atoms with van der Waals surface area (Å²) in [6.07, 6.45) is 3.88.